The first-order chi connectivity index (χ1) is 12.8. The van der Waals surface area contributed by atoms with Gasteiger partial charge in [-0.25, -0.2) is 14.5 Å². The number of hydrogen-bond acceptors (Lipinski definition) is 6. The molecule has 2 rings (SSSR count). The lowest BCUT2D eigenvalue weighted by Gasteiger charge is -2.24. The molecular formula is C17H14Cl2N2O6. The Bertz CT molecular complexity index is 903. The van der Waals surface area contributed by atoms with Crippen molar-refractivity contribution in [2.45, 2.75) is 6.92 Å². The van der Waals surface area contributed by atoms with Gasteiger partial charge in [0.05, 0.1) is 39.9 Å². The summed E-state index contributed by atoms with van der Waals surface area (Å²) in [5.74, 6) is -0.813. The molecule has 0 radical (unpaired) electrons. The number of halogens is 2. The lowest BCUT2D eigenvalue weighted by atomic mass is 10.1. The molecule has 0 aromatic heterocycles. The summed E-state index contributed by atoms with van der Waals surface area (Å²) in [7, 11) is 1.13. The molecule has 0 unspecified atom stereocenters. The molecule has 0 spiro atoms. The van der Waals surface area contributed by atoms with E-state index >= 15 is 0 Å². The number of carbonyl (C=O) groups excluding carboxylic acids is 2. The van der Waals surface area contributed by atoms with Crippen LogP contribution in [0.1, 0.15) is 17.3 Å². The summed E-state index contributed by atoms with van der Waals surface area (Å²) in [6.45, 7) is 1.60. The first-order valence-electron chi connectivity index (χ1n) is 7.59. The average Bonchev–Trinajstić information content (AvgIpc) is 2.63. The zero-order valence-corrected chi connectivity index (χ0v) is 15.8. The van der Waals surface area contributed by atoms with Crippen LogP contribution in [0.2, 0.25) is 10.0 Å². The van der Waals surface area contributed by atoms with Crippen molar-refractivity contribution >= 4 is 52.3 Å². The van der Waals surface area contributed by atoms with E-state index in [9.17, 15) is 19.7 Å². The van der Waals surface area contributed by atoms with E-state index in [-0.39, 0.29) is 33.6 Å². The van der Waals surface area contributed by atoms with Gasteiger partial charge in [0.15, 0.2) is 0 Å². The number of benzene rings is 2. The molecule has 0 saturated carbocycles. The third-order valence-corrected chi connectivity index (χ3v) is 4.04. The van der Waals surface area contributed by atoms with E-state index < -0.39 is 22.7 Å². The number of anilines is 2. The van der Waals surface area contributed by atoms with Gasteiger partial charge in [-0.2, -0.15) is 0 Å². The molecule has 0 atom stereocenters. The summed E-state index contributed by atoms with van der Waals surface area (Å²) in [5.41, 5.74) is -0.869. The monoisotopic (exact) mass is 412 g/mol. The van der Waals surface area contributed by atoms with Crippen molar-refractivity contribution in [2.75, 3.05) is 18.6 Å². The second kappa shape index (κ2) is 8.70. The fourth-order valence-electron chi connectivity index (χ4n) is 2.31. The van der Waals surface area contributed by atoms with Crippen LogP contribution in [-0.4, -0.2) is 30.7 Å². The molecule has 0 aliphatic rings. The molecule has 27 heavy (non-hydrogen) atoms. The average molecular weight is 413 g/mol. The Morgan fingerprint density at radius 2 is 1.85 bits per heavy atom. The fourth-order valence-corrected chi connectivity index (χ4v) is 2.83. The summed E-state index contributed by atoms with van der Waals surface area (Å²) < 4.78 is 9.58. The lowest BCUT2D eigenvalue weighted by Crippen LogP contribution is -2.28. The number of nitro groups is 1. The minimum Gasteiger partial charge on any atom is -0.465 e. The molecule has 0 fully saturated rings. The number of hydrogen-bond donors (Lipinski definition) is 0. The van der Waals surface area contributed by atoms with Gasteiger partial charge < -0.3 is 9.47 Å². The molecule has 8 nitrogen and oxygen atoms in total. The Morgan fingerprint density at radius 3 is 2.41 bits per heavy atom. The second-order valence-electron chi connectivity index (χ2n) is 5.06. The van der Waals surface area contributed by atoms with Crippen LogP contribution in [0.3, 0.4) is 0 Å². The van der Waals surface area contributed by atoms with Gasteiger partial charge in [0.25, 0.3) is 5.69 Å². The third-order valence-electron chi connectivity index (χ3n) is 3.43. The zero-order valence-electron chi connectivity index (χ0n) is 14.3. The highest BCUT2D eigenvalue weighted by Crippen LogP contribution is 2.43. The number of amides is 1. The summed E-state index contributed by atoms with van der Waals surface area (Å²) in [6.07, 6.45) is -0.915. The predicted molar refractivity (Wildman–Crippen MR) is 100 cm³/mol. The molecule has 0 heterocycles. The van der Waals surface area contributed by atoms with Crippen molar-refractivity contribution in [2.24, 2.45) is 0 Å². The number of rotatable bonds is 5. The summed E-state index contributed by atoms with van der Waals surface area (Å²) in [4.78, 5) is 36.1. The van der Waals surface area contributed by atoms with Crippen LogP contribution in [0.15, 0.2) is 36.4 Å². The standard InChI is InChI=1S/C17H14Cl2N2O6/c1-3-27-17(23)20(13-7-5-4-6-11(13)18)15-12(19)8-10(16(22)26-2)9-14(15)21(24)25/h4-9H,3H2,1-2H3. The quantitative estimate of drug-likeness (QED) is 0.389. The lowest BCUT2D eigenvalue weighted by molar-refractivity contribution is -0.384. The Labute approximate surface area is 164 Å². The van der Waals surface area contributed by atoms with E-state index in [0.29, 0.717) is 0 Å². The van der Waals surface area contributed by atoms with E-state index in [2.05, 4.69) is 4.74 Å². The number of methoxy groups -OCH3 is 1. The molecule has 0 saturated heterocycles. The zero-order chi connectivity index (χ0) is 20.1. The van der Waals surface area contributed by atoms with Crippen LogP contribution < -0.4 is 4.90 Å². The van der Waals surface area contributed by atoms with E-state index in [1.807, 2.05) is 0 Å². The molecule has 0 bridgehead atoms. The minimum absolute atomic E-state index is 0.0193. The number of carbonyl (C=O) groups is 2. The van der Waals surface area contributed by atoms with Crippen LogP contribution in [0.25, 0.3) is 0 Å². The van der Waals surface area contributed by atoms with Gasteiger partial charge in [0.1, 0.15) is 5.69 Å². The van der Waals surface area contributed by atoms with Crippen molar-refractivity contribution in [3.63, 3.8) is 0 Å². The van der Waals surface area contributed by atoms with Crippen molar-refractivity contribution < 1.29 is 24.0 Å². The molecule has 2 aromatic rings. The Balaban J connectivity index is 2.79. The van der Waals surface area contributed by atoms with E-state index in [0.717, 1.165) is 18.1 Å². The smallest absolute Gasteiger partial charge is 0.419 e. The largest absolute Gasteiger partial charge is 0.465 e. The van der Waals surface area contributed by atoms with Crippen molar-refractivity contribution in [3.8, 4) is 0 Å². The number of para-hydroxylation sites is 1. The first-order valence-corrected chi connectivity index (χ1v) is 8.35. The summed E-state index contributed by atoms with van der Waals surface area (Å²) in [6, 6.07) is 8.34. The van der Waals surface area contributed by atoms with Gasteiger partial charge >= 0.3 is 12.1 Å². The van der Waals surface area contributed by atoms with Crippen LogP contribution in [0, 0.1) is 10.1 Å². The fraction of sp³-hybridized carbons (Fsp3) is 0.176. The Kier molecular flexibility index (Phi) is 6.59. The number of ether oxygens (including phenoxy) is 2. The van der Waals surface area contributed by atoms with E-state index in [1.165, 1.54) is 18.2 Å². The second-order valence-corrected chi connectivity index (χ2v) is 5.87. The van der Waals surface area contributed by atoms with Crippen LogP contribution in [0.4, 0.5) is 21.9 Å². The molecule has 1 amide bonds. The minimum atomic E-state index is -0.915. The maximum absolute atomic E-state index is 12.6. The first kappa shape index (κ1) is 20.5. The van der Waals surface area contributed by atoms with Gasteiger partial charge in [-0.3, -0.25) is 10.1 Å². The van der Waals surface area contributed by atoms with Gasteiger partial charge in [0.2, 0.25) is 0 Å². The van der Waals surface area contributed by atoms with Crippen LogP contribution in [-0.2, 0) is 9.47 Å². The van der Waals surface area contributed by atoms with E-state index in [1.54, 1.807) is 19.1 Å². The predicted octanol–water partition coefficient (Wildman–Crippen LogP) is 4.98. The highest BCUT2D eigenvalue weighted by atomic mass is 35.5. The SMILES string of the molecule is CCOC(=O)N(c1ccccc1Cl)c1c(Cl)cc(C(=O)OC)cc1[N+](=O)[O-]. The van der Waals surface area contributed by atoms with Gasteiger partial charge in [-0.05, 0) is 25.1 Å². The number of nitro benzene ring substituents is 1. The maximum atomic E-state index is 12.6. The Morgan fingerprint density at radius 1 is 1.19 bits per heavy atom. The summed E-state index contributed by atoms with van der Waals surface area (Å²) in [5, 5.41) is 11.5. The molecule has 2 aromatic carbocycles. The van der Waals surface area contributed by atoms with Crippen molar-refractivity contribution in [3.05, 3.63) is 62.1 Å². The molecule has 0 N–H and O–H groups in total. The topological polar surface area (TPSA) is 99.0 Å². The molecule has 0 aliphatic carbocycles. The van der Waals surface area contributed by atoms with Gasteiger partial charge in [-0.1, -0.05) is 35.3 Å². The molecule has 0 aliphatic heterocycles. The molecule has 142 valence electrons. The van der Waals surface area contributed by atoms with Crippen LogP contribution in [0.5, 0.6) is 0 Å². The third kappa shape index (κ3) is 4.29. The highest BCUT2D eigenvalue weighted by Gasteiger charge is 2.32. The normalized spacial score (nSPS) is 10.2. The molecule has 10 heteroatoms. The summed E-state index contributed by atoms with van der Waals surface area (Å²) >= 11 is 12.4. The number of esters is 1. The van der Waals surface area contributed by atoms with Crippen molar-refractivity contribution in [1.29, 1.82) is 0 Å². The van der Waals surface area contributed by atoms with E-state index in [4.69, 9.17) is 27.9 Å². The van der Waals surface area contributed by atoms with Gasteiger partial charge in [0, 0.05) is 6.07 Å². The van der Waals surface area contributed by atoms with Crippen LogP contribution >= 0.6 is 23.2 Å². The Hall–Kier alpha value is -2.84. The van der Waals surface area contributed by atoms with Crippen molar-refractivity contribution in [1.82, 2.24) is 0 Å². The molecular weight excluding hydrogens is 399 g/mol. The maximum Gasteiger partial charge on any atom is 0.419 e. The van der Waals surface area contributed by atoms with Gasteiger partial charge in [-0.15, -0.1) is 0 Å². The number of nitrogens with zero attached hydrogens (tertiary/aromatic N) is 2. The highest BCUT2D eigenvalue weighted by molar-refractivity contribution is 6.37.